The Morgan fingerprint density at radius 3 is 2.11 bits per heavy atom. The molecule has 3 fully saturated rings. The number of cyclic esters (lactones) is 1. The third-order valence-electron chi connectivity index (χ3n) is 13.4. The molecule has 0 amide bonds. The van der Waals surface area contributed by atoms with Crippen LogP contribution in [-0.2, 0) is 57.0 Å². The first-order chi connectivity index (χ1) is 30.1. The van der Waals surface area contributed by atoms with Crippen molar-refractivity contribution in [2.24, 2.45) is 23.7 Å². The van der Waals surface area contributed by atoms with E-state index < -0.39 is 140 Å². The second kappa shape index (κ2) is 24.1. The summed E-state index contributed by atoms with van der Waals surface area (Å²) in [6.45, 7) is 13.6. The summed E-state index contributed by atoms with van der Waals surface area (Å²) in [4.78, 5) is 41.5. The van der Waals surface area contributed by atoms with Crippen LogP contribution in [0.1, 0.15) is 87.5 Å². The van der Waals surface area contributed by atoms with Gasteiger partial charge in [-0.05, 0) is 73.5 Å². The number of esters is 1. The Labute approximate surface area is 378 Å². The molecule has 368 valence electrons. The molecule has 4 aliphatic rings. The molecule has 0 spiro atoms. The molecule has 64 heavy (non-hydrogen) atoms. The van der Waals surface area contributed by atoms with Crippen molar-refractivity contribution in [2.45, 2.75) is 191 Å². The molecule has 3 saturated heterocycles. The van der Waals surface area contributed by atoms with Crippen LogP contribution in [0.5, 0.6) is 0 Å². The summed E-state index contributed by atoms with van der Waals surface area (Å²) in [6.07, 6.45) is -8.49. The van der Waals surface area contributed by atoms with Gasteiger partial charge in [0.05, 0.1) is 55.2 Å². The minimum atomic E-state index is -1.49. The zero-order chi connectivity index (χ0) is 47.8. The molecule has 0 aromatic heterocycles. The first-order valence-electron chi connectivity index (χ1n) is 22.7. The van der Waals surface area contributed by atoms with E-state index in [1.54, 1.807) is 59.7 Å². The van der Waals surface area contributed by atoms with Crippen LogP contribution in [0.4, 0.5) is 0 Å². The molecule has 4 rings (SSSR count). The molecular formula is C46H77NO17. The summed E-state index contributed by atoms with van der Waals surface area (Å²) in [5, 5.41) is 55.8. The van der Waals surface area contributed by atoms with Crippen molar-refractivity contribution in [1.82, 2.24) is 4.90 Å². The molecule has 0 aliphatic carbocycles. The molecule has 0 radical (unpaired) electrons. The number of likely N-dealkylation sites (N-methyl/N-ethyl adjacent to an activating group) is 1. The van der Waals surface area contributed by atoms with Gasteiger partial charge in [0, 0.05) is 44.8 Å². The van der Waals surface area contributed by atoms with E-state index in [2.05, 4.69) is 0 Å². The lowest BCUT2D eigenvalue weighted by Crippen LogP contribution is -2.65. The summed E-state index contributed by atoms with van der Waals surface area (Å²) >= 11 is 0. The quantitative estimate of drug-likeness (QED) is 0.131. The second-order valence-corrected chi connectivity index (χ2v) is 18.7. The van der Waals surface area contributed by atoms with E-state index in [0.29, 0.717) is 12.0 Å². The molecule has 4 aliphatic heterocycles. The number of rotatable bonds is 13. The first-order valence-corrected chi connectivity index (χ1v) is 22.7. The number of ketones is 1. The fraction of sp³-hybridized carbons (Fsp3) is 0.848. The number of aldehydes is 1. The number of nitrogens with zero attached hydrogens (tertiary/aromatic N) is 1. The van der Waals surface area contributed by atoms with Crippen LogP contribution in [-0.4, -0.2) is 187 Å². The van der Waals surface area contributed by atoms with Crippen molar-refractivity contribution in [3.63, 3.8) is 0 Å². The number of carbonyl (C=O) groups excluding carboxylic acids is 3. The zero-order valence-corrected chi connectivity index (χ0v) is 39.7. The highest BCUT2D eigenvalue weighted by atomic mass is 16.7. The van der Waals surface area contributed by atoms with Gasteiger partial charge in [0.15, 0.2) is 24.7 Å². The van der Waals surface area contributed by atoms with Crippen LogP contribution < -0.4 is 0 Å². The Balaban J connectivity index is 1.62. The molecular weight excluding hydrogens is 838 g/mol. The van der Waals surface area contributed by atoms with Crippen molar-refractivity contribution in [3.05, 3.63) is 23.8 Å². The van der Waals surface area contributed by atoms with E-state index in [1.165, 1.54) is 27.2 Å². The summed E-state index contributed by atoms with van der Waals surface area (Å²) in [5.41, 5.74) is -0.806. The smallest absolute Gasteiger partial charge is 0.308 e. The number of aliphatic hydroxyl groups excluding tert-OH is 4. The summed E-state index contributed by atoms with van der Waals surface area (Å²) in [6, 6.07) is -0.748. The van der Waals surface area contributed by atoms with E-state index in [9.17, 15) is 39.9 Å². The fourth-order valence-corrected chi connectivity index (χ4v) is 9.51. The van der Waals surface area contributed by atoms with Crippen LogP contribution in [0.2, 0.25) is 0 Å². The van der Waals surface area contributed by atoms with Crippen molar-refractivity contribution in [3.8, 4) is 0 Å². The summed E-state index contributed by atoms with van der Waals surface area (Å²) in [5.74, 6) is -3.59. The van der Waals surface area contributed by atoms with Gasteiger partial charge in [-0.2, -0.15) is 0 Å². The van der Waals surface area contributed by atoms with E-state index in [1.807, 2.05) is 19.9 Å². The molecule has 5 N–H and O–H groups in total. The minimum Gasteiger partial charge on any atom is -0.462 e. The number of hydrogen-bond donors (Lipinski definition) is 5. The van der Waals surface area contributed by atoms with Gasteiger partial charge in [-0.3, -0.25) is 9.59 Å². The lowest BCUT2D eigenvalue weighted by Gasteiger charge is -2.50. The maximum absolute atomic E-state index is 13.8. The van der Waals surface area contributed by atoms with Gasteiger partial charge < -0.3 is 77.9 Å². The van der Waals surface area contributed by atoms with Crippen molar-refractivity contribution in [1.29, 1.82) is 0 Å². The number of allylic oxidation sites excluding steroid dienone is 3. The Hall–Kier alpha value is -2.27. The normalized spacial score (nSPS) is 45.9. The summed E-state index contributed by atoms with van der Waals surface area (Å²) < 4.78 is 54.7. The van der Waals surface area contributed by atoms with Crippen LogP contribution in [0.25, 0.3) is 0 Å². The topological polar surface area (TPSA) is 239 Å². The minimum absolute atomic E-state index is 0.00788. The van der Waals surface area contributed by atoms with Gasteiger partial charge in [-0.1, -0.05) is 38.5 Å². The van der Waals surface area contributed by atoms with Crippen LogP contribution in [0, 0.1) is 23.7 Å². The van der Waals surface area contributed by atoms with Gasteiger partial charge in [0.2, 0.25) is 0 Å². The largest absolute Gasteiger partial charge is 0.462 e. The second-order valence-electron chi connectivity index (χ2n) is 18.7. The van der Waals surface area contributed by atoms with Crippen molar-refractivity contribution >= 4 is 18.0 Å². The number of methoxy groups -OCH3 is 2. The molecule has 0 aromatic rings. The number of carbonyl (C=O) groups is 3. The van der Waals surface area contributed by atoms with E-state index in [-0.39, 0.29) is 31.7 Å². The van der Waals surface area contributed by atoms with Crippen LogP contribution in [0.3, 0.4) is 0 Å². The number of hydrogen-bond acceptors (Lipinski definition) is 18. The standard InChI is InChI=1S/C46H77NO17/c1-13-33-30(22-58-45-42(57-12)41(56-11)37(52)26(5)60-45)18-23(2)14-15-31(49)24(3)19-29(16-17-48)39(25(4)32(50)20-34(51)62-33)64-44-38(53)36(47(9)10)40(27(6)61-44)63-35-21-46(8,55)43(54)28(7)59-35/h14-15,17-18,24-30,32-33,35-45,50,52-55H,13,16,19-22H2,1-12H3/b15-14+,23-18-/t24-,25-,26+,27+,28-,29+,30+,32-,33-,35+,36+,37-,38-,39-,40-,41-,42+,43+,44-,45+,46-/m0/s1. The average molecular weight is 916 g/mol. The maximum Gasteiger partial charge on any atom is 0.308 e. The van der Waals surface area contributed by atoms with Gasteiger partial charge >= 0.3 is 5.97 Å². The average Bonchev–Trinajstić information content (AvgIpc) is 3.23. The van der Waals surface area contributed by atoms with E-state index >= 15 is 0 Å². The monoisotopic (exact) mass is 916 g/mol. The molecule has 4 heterocycles. The molecule has 0 aromatic carbocycles. The van der Waals surface area contributed by atoms with Crippen molar-refractivity contribution < 1.29 is 82.5 Å². The van der Waals surface area contributed by atoms with Crippen molar-refractivity contribution in [2.75, 3.05) is 34.9 Å². The number of ether oxygens (including phenoxy) is 9. The highest BCUT2D eigenvalue weighted by Gasteiger charge is 2.52. The van der Waals surface area contributed by atoms with Gasteiger partial charge in [0.25, 0.3) is 0 Å². The highest BCUT2D eigenvalue weighted by molar-refractivity contribution is 5.91. The molecule has 0 unspecified atom stereocenters. The molecule has 18 nitrogen and oxygen atoms in total. The molecule has 21 atom stereocenters. The molecule has 0 saturated carbocycles. The zero-order valence-electron chi connectivity index (χ0n) is 39.7. The van der Waals surface area contributed by atoms with Gasteiger partial charge in [-0.25, -0.2) is 0 Å². The first kappa shape index (κ1) is 54.3. The van der Waals surface area contributed by atoms with E-state index in [4.69, 9.17) is 42.6 Å². The fourth-order valence-electron chi connectivity index (χ4n) is 9.51. The van der Waals surface area contributed by atoms with Gasteiger partial charge in [0.1, 0.15) is 49.0 Å². The number of aliphatic hydroxyl groups is 5. The molecule has 18 heteroatoms. The maximum atomic E-state index is 13.8. The van der Waals surface area contributed by atoms with Crippen LogP contribution >= 0.6 is 0 Å². The Morgan fingerprint density at radius 2 is 1.52 bits per heavy atom. The van der Waals surface area contributed by atoms with Gasteiger partial charge in [-0.15, -0.1) is 0 Å². The third kappa shape index (κ3) is 13.5. The third-order valence-corrected chi connectivity index (χ3v) is 13.4. The summed E-state index contributed by atoms with van der Waals surface area (Å²) in [7, 11) is 6.43. The van der Waals surface area contributed by atoms with E-state index in [0.717, 1.165) is 6.29 Å². The SMILES string of the molecule is CC[C@@H]1OC(=O)C[C@H](O)[C@H](C)[C@H](O[C@@H]2O[C@H](C)[C@H](O[C@@H]3C[C@](C)(O)[C@H](O)[C@H](C)O3)[C@H](N(C)C)[C@@H]2O)[C@H](CC=O)C[C@H](C)C(=O)/C=C/C(C)=C\[C@@H]1CO[C@@H]1O[C@H](C)[C@H](O)[C@H](OC)[C@H]1OC. The Bertz CT molecular complexity index is 1560. The lowest BCUT2D eigenvalue weighted by atomic mass is 9.79. The highest BCUT2D eigenvalue weighted by Crippen LogP contribution is 2.37. The lowest BCUT2D eigenvalue weighted by molar-refractivity contribution is -0.341. The van der Waals surface area contributed by atoms with Crippen LogP contribution in [0.15, 0.2) is 23.8 Å². The molecule has 0 bridgehead atoms. The Morgan fingerprint density at radius 1 is 0.859 bits per heavy atom. The predicted octanol–water partition coefficient (Wildman–Crippen LogP) is 1.83. The Kier molecular flexibility index (Phi) is 20.5. The predicted molar refractivity (Wildman–Crippen MR) is 230 cm³/mol.